The molecule has 0 amide bonds. The second-order valence-electron chi connectivity index (χ2n) is 8.95. The third-order valence-electron chi connectivity index (χ3n) is 6.70. The molecule has 0 spiro atoms. The third-order valence-corrected chi connectivity index (χ3v) is 6.70. The van der Waals surface area contributed by atoms with Crippen LogP contribution in [0.15, 0.2) is 54.6 Å². The number of hydrogen-bond donors (Lipinski definition) is 0. The number of benzene rings is 3. The van der Waals surface area contributed by atoms with E-state index in [0.717, 1.165) is 35.6 Å². The van der Waals surface area contributed by atoms with Gasteiger partial charge in [0, 0.05) is 10.9 Å². The highest BCUT2D eigenvalue weighted by molar-refractivity contribution is 5.85. The Morgan fingerprint density at radius 3 is 2.33 bits per heavy atom. The smallest absolute Gasteiger partial charge is 0.146 e. The minimum absolute atomic E-state index is 0.210. The van der Waals surface area contributed by atoms with Gasteiger partial charge in [-0.15, -0.1) is 0 Å². The fourth-order valence-electron chi connectivity index (χ4n) is 4.55. The molecule has 0 saturated heterocycles. The Morgan fingerprint density at radius 2 is 1.60 bits per heavy atom. The van der Waals surface area contributed by atoms with E-state index >= 15 is 4.39 Å². The summed E-state index contributed by atoms with van der Waals surface area (Å²) in [5.74, 6) is 7.67. The van der Waals surface area contributed by atoms with Gasteiger partial charge in [-0.1, -0.05) is 87.8 Å². The van der Waals surface area contributed by atoms with Crippen molar-refractivity contribution in [3.63, 3.8) is 0 Å². The van der Waals surface area contributed by atoms with E-state index in [9.17, 15) is 0 Å². The number of rotatable bonds is 4. The highest BCUT2D eigenvalue weighted by Gasteiger charge is 2.18. The Kier molecular flexibility index (Phi) is 6.53. The molecule has 0 aromatic heterocycles. The average Bonchev–Trinajstić information content (AvgIpc) is 2.78. The van der Waals surface area contributed by atoms with Gasteiger partial charge in [0.15, 0.2) is 0 Å². The van der Waals surface area contributed by atoms with Crippen molar-refractivity contribution in [3.05, 3.63) is 82.7 Å². The van der Waals surface area contributed by atoms with Crippen molar-refractivity contribution in [1.82, 2.24) is 0 Å². The molecule has 0 heterocycles. The van der Waals surface area contributed by atoms with Crippen LogP contribution >= 0.6 is 0 Å². The summed E-state index contributed by atoms with van der Waals surface area (Å²) >= 11 is 0. The Balaban J connectivity index is 1.48. The molecule has 1 fully saturated rings. The molecule has 0 atom stereocenters. The molecule has 154 valence electrons. The highest BCUT2D eigenvalue weighted by Crippen LogP contribution is 2.31. The fourth-order valence-corrected chi connectivity index (χ4v) is 4.55. The molecule has 4 rings (SSSR count). The van der Waals surface area contributed by atoms with Crippen molar-refractivity contribution in [2.45, 2.75) is 58.8 Å². The molecule has 3 aromatic carbocycles. The molecule has 0 bridgehead atoms. The van der Waals surface area contributed by atoms with Gasteiger partial charge in [-0.2, -0.15) is 0 Å². The van der Waals surface area contributed by atoms with Gasteiger partial charge < -0.3 is 0 Å². The molecular weight excluding hydrogens is 367 g/mol. The molecular formula is C29H31F. The van der Waals surface area contributed by atoms with Crippen LogP contribution in [0.4, 0.5) is 4.39 Å². The van der Waals surface area contributed by atoms with Gasteiger partial charge in [0.1, 0.15) is 5.82 Å². The summed E-state index contributed by atoms with van der Waals surface area (Å²) in [4.78, 5) is 0. The largest absolute Gasteiger partial charge is 0.205 e. The molecule has 0 N–H and O–H groups in total. The molecule has 1 saturated carbocycles. The van der Waals surface area contributed by atoms with E-state index in [1.807, 2.05) is 30.3 Å². The Bertz CT molecular complexity index is 1060. The van der Waals surface area contributed by atoms with Crippen LogP contribution in [0, 0.1) is 29.5 Å². The molecule has 0 radical (unpaired) electrons. The van der Waals surface area contributed by atoms with Gasteiger partial charge in [0.2, 0.25) is 0 Å². The predicted octanol–water partition coefficient (Wildman–Crippen LogP) is 7.70. The topological polar surface area (TPSA) is 0 Å². The lowest BCUT2D eigenvalue weighted by Gasteiger charge is -2.26. The summed E-state index contributed by atoms with van der Waals surface area (Å²) in [6.07, 6.45) is 8.83. The quantitative estimate of drug-likeness (QED) is 0.395. The Morgan fingerprint density at radius 1 is 0.867 bits per heavy atom. The first-order valence-corrected chi connectivity index (χ1v) is 11.4. The van der Waals surface area contributed by atoms with Crippen LogP contribution in [0.5, 0.6) is 0 Å². The summed E-state index contributed by atoms with van der Waals surface area (Å²) in [5, 5.41) is 1.64. The van der Waals surface area contributed by atoms with Crippen LogP contribution in [0.3, 0.4) is 0 Å². The van der Waals surface area contributed by atoms with Gasteiger partial charge in [0.25, 0.3) is 0 Å². The highest BCUT2D eigenvalue weighted by atomic mass is 19.1. The van der Waals surface area contributed by atoms with Crippen LogP contribution in [0.2, 0.25) is 0 Å². The van der Waals surface area contributed by atoms with E-state index in [1.165, 1.54) is 43.2 Å². The molecule has 1 aliphatic carbocycles. The van der Waals surface area contributed by atoms with Crippen molar-refractivity contribution >= 4 is 10.8 Å². The van der Waals surface area contributed by atoms with Gasteiger partial charge in [-0.3, -0.25) is 0 Å². The van der Waals surface area contributed by atoms with E-state index in [-0.39, 0.29) is 5.82 Å². The number of fused-ring (bicyclic) bond motifs is 1. The van der Waals surface area contributed by atoms with Gasteiger partial charge >= 0.3 is 0 Å². The van der Waals surface area contributed by atoms with Crippen molar-refractivity contribution in [1.29, 1.82) is 0 Å². The SMILES string of the molecule is CCc1ccc(C#Cc2ccc3cc(CCC4CCC(C)CC4)ccc3c2F)cc1. The van der Waals surface area contributed by atoms with Crippen molar-refractivity contribution in [3.8, 4) is 11.8 Å². The van der Waals surface area contributed by atoms with Crippen molar-refractivity contribution in [2.75, 3.05) is 0 Å². The molecule has 0 nitrogen and oxygen atoms in total. The van der Waals surface area contributed by atoms with Crippen LogP contribution < -0.4 is 0 Å². The van der Waals surface area contributed by atoms with Crippen LogP contribution in [0.25, 0.3) is 10.8 Å². The van der Waals surface area contributed by atoms with Gasteiger partial charge in [-0.05, 0) is 65.8 Å². The standard InChI is InChI=1S/C29H31F/c1-3-22-8-10-24(11-9-22)14-16-26-17-18-27-20-25(15-19-28(27)29(26)30)13-12-23-6-4-21(2)5-7-23/h8-11,15,17-21,23H,3-7,12-13H2,1-2H3. The van der Waals surface area contributed by atoms with Gasteiger partial charge in [-0.25, -0.2) is 4.39 Å². The lowest BCUT2D eigenvalue weighted by molar-refractivity contribution is 0.278. The maximum Gasteiger partial charge on any atom is 0.146 e. The number of halogens is 1. The van der Waals surface area contributed by atoms with Crippen LogP contribution in [-0.4, -0.2) is 0 Å². The minimum atomic E-state index is -0.210. The summed E-state index contributed by atoms with van der Waals surface area (Å²) in [7, 11) is 0. The lowest BCUT2D eigenvalue weighted by Crippen LogP contribution is -2.12. The average molecular weight is 399 g/mol. The maximum atomic E-state index is 15.0. The summed E-state index contributed by atoms with van der Waals surface area (Å²) in [6, 6.07) is 18.2. The third kappa shape index (κ3) is 4.93. The molecule has 1 aliphatic rings. The number of hydrogen-bond acceptors (Lipinski definition) is 0. The first-order valence-electron chi connectivity index (χ1n) is 11.4. The zero-order valence-electron chi connectivity index (χ0n) is 18.2. The Labute approximate surface area is 180 Å². The zero-order chi connectivity index (χ0) is 20.9. The number of aryl methyl sites for hydroxylation is 2. The zero-order valence-corrected chi connectivity index (χ0v) is 18.2. The second-order valence-corrected chi connectivity index (χ2v) is 8.95. The second kappa shape index (κ2) is 9.48. The lowest BCUT2D eigenvalue weighted by atomic mass is 9.80. The first-order chi connectivity index (χ1) is 14.6. The normalized spacial score (nSPS) is 18.8. The summed E-state index contributed by atoms with van der Waals surface area (Å²) < 4.78 is 15.0. The molecule has 0 aliphatic heterocycles. The van der Waals surface area contributed by atoms with E-state index in [1.54, 1.807) is 0 Å². The van der Waals surface area contributed by atoms with Crippen molar-refractivity contribution < 1.29 is 4.39 Å². The van der Waals surface area contributed by atoms with Crippen LogP contribution in [-0.2, 0) is 12.8 Å². The molecule has 30 heavy (non-hydrogen) atoms. The first kappa shape index (κ1) is 20.7. The maximum absolute atomic E-state index is 15.0. The molecule has 1 heteroatoms. The molecule has 3 aromatic rings. The monoisotopic (exact) mass is 398 g/mol. The van der Waals surface area contributed by atoms with E-state index in [2.05, 4.69) is 50.0 Å². The van der Waals surface area contributed by atoms with Gasteiger partial charge in [0.05, 0.1) is 5.56 Å². The fraction of sp³-hybridized carbons (Fsp3) is 0.379. The summed E-state index contributed by atoms with van der Waals surface area (Å²) in [6.45, 7) is 4.50. The minimum Gasteiger partial charge on any atom is -0.205 e. The Hall–Kier alpha value is -2.59. The van der Waals surface area contributed by atoms with E-state index in [4.69, 9.17) is 0 Å². The van der Waals surface area contributed by atoms with Crippen LogP contribution in [0.1, 0.15) is 68.2 Å². The van der Waals surface area contributed by atoms with Crippen molar-refractivity contribution in [2.24, 2.45) is 11.8 Å². The molecule has 0 unspecified atom stereocenters. The van der Waals surface area contributed by atoms with E-state index < -0.39 is 0 Å². The predicted molar refractivity (Wildman–Crippen MR) is 125 cm³/mol. The van der Waals surface area contributed by atoms with E-state index in [0.29, 0.717) is 10.9 Å². The summed E-state index contributed by atoms with van der Waals surface area (Å²) in [5.41, 5.74) is 3.98.